The first-order valence-electron chi connectivity index (χ1n) is 6.50. The molecule has 3 N–H and O–H groups in total. The molecule has 0 atom stereocenters. The third-order valence-electron chi connectivity index (χ3n) is 2.86. The Labute approximate surface area is 137 Å². The lowest BCUT2D eigenvalue weighted by Crippen LogP contribution is -2.18. The van der Waals surface area contributed by atoms with Gasteiger partial charge in [-0.25, -0.2) is 5.10 Å². The number of nitrogens with one attached hydrogen (secondary N) is 3. The van der Waals surface area contributed by atoms with Crippen molar-refractivity contribution in [2.75, 3.05) is 10.6 Å². The van der Waals surface area contributed by atoms with Crippen LogP contribution in [-0.2, 0) is 0 Å². The zero-order valence-electron chi connectivity index (χ0n) is 11.4. The fourth-order valence-electron chi connectivity index (χ4n) is 1.86. The van der Waals surface area contributed by atoms with Gasteiger partial charge < -0.3 is 15.1 Å². The summed E-state index contributed by atoms with van der Waals surface area (Å²) in [5, 5.41) is 13.3. The number of anilines is 2. The van der Waals surface area contributed by atoms with E-state index in [0.717, 1.165) is 16.9 Å². The molecule has 3 aromatic rings. The van der Waals surface area contributed by atoms with Crippen molar-refractivity contribution in [3.05, 3.63) is 59.4 Å². The van der Waals surface area contributed by atoms with E-state index in [1.807, 2.05) is 54.6 Å². The largest absolute Gasteiger partial charge is 0.409 e. The van der Waals surface area contributed by atoms with Gasteiger partial charge in [-0.2, -0.15) is 0 Å². The Morgan fingerprint density at radius 2 is 1.59 bits per heavy atom. The summed E-state index contributed by atoms with van der Waals surface area (Å²) in [6.07, 6.45) is 0. The van der Waals surface area contributed by atoms with Crippen molar-refractivity contribution in [2.24, 2.45) is 0 Å². The third-order valence-corrected chi connectivity index (χ3v) is 3.24. The lowest BCUT2D eigenvalue weighted by Gasteiger charge is -2.10. The highest BCUT2D eigenvalue weighted by atomic mass is 32.1. The molecule has 0 aliphatic heterocycles. The topological polar surface area (TPSA) is 65.9 Å². The van der Waals surface area contributed by atoms with Crippen LogP contribution in [-0.4, -0.2) is 15.3 Å². The number of H-pyrrole nitrogens is 1. The maximum Gasteiger partial charge on any atom is 0.284 e. The van der Waals surface area contributed by atoms with Crippen LogP contribution in [0.15, 0.2) is 59.0 Å². The average Bonchev–Trinajstić information content (AvgIpc) is 2.95. The molecular formula is C15H12N4OS2. The highest BCUT2D eigenvalue weighted by Gasteiger charge is 2.04. The maximum atomic E-state index is 5.28. The molecule has 5 nitrogen and oxygen atoms in total. The van der Waals surface area contributed by atoms with Crippen molar-refractivity contribution >= 4 is 40.9 Å². The molecular weight excluding hydrogens is 316 g/mol. The summed E-state index contributed by atoms with van der Waals surface area (Å²) in [6, 6.07) is 17.3. The minimum Gasteiger partial charge on any atom is -0.409 e. The van der Waals surface area contributed by atoms with Crippen molar-refractivity contribution in [1.29, 1.82) is 0 Å². The van der Waals surface area contributed by atoms with E-state index < -0.39 is 0 Å². The first-order valence-corrected chi connectivity index (χ1v) is 7.31. The molecule has 0 fully saturated rings. The molecule has 2 aromatic carbocycles. The van der Waals surface area contributed by atoms with Gasteiger partial charge in [0.25, 0.3) is 4.84 Å². The molecule has 0 radical (unpaired) electrons. The molecule has 7 heteroatoms. The van der Waals surface area contributed by atoms with Gasteiger partial charge in [0.2, 0.25) is 5.89 Å². The standard InChI is InChI=1S/C15H12N4OS2/c21-14(16-11-4-2-1-3-5-11)17-12-8-6-10(7-9-12)13-18-19-15(22)20-13/h1-9H,(H,19,22)(H2,16,17,21). The molecule has 1 aromatic heterocycles. The summed E-state index contributed by atoms with van der Waals surface area (Å²) >= 11 is 10.1. The molecule has 22 heavy (non-hydrogen) atoms. The number of aromatic nitrogens is 2. The van der Waals surface area contributed by atoms with Gasteiger partial charge in [-0.05, 0) is 60.8 Å². The van der Waals surface area contributed by atoms with Crippen LogP contribution in [0.4, 0.5) is 11.4 Å². The summed E-state index contributed by atoms with van der Waals surface area (Å²) in [6.45, 7) is 0. The smallest absolute Gasteiger partial charge is 0.284 e. The summed E-state index contributed by atoms with van der Waals surface area (Å²) in [5.74, 6) is 0.460. The predicted octanol–water partition coefficient (Wildman–Crippen LogP) is 4.21. The molecule has 0 aliphatic rings. The van der Waals surface area contributed by atoms with Crippen LogP contribution in [0, 0.1) is 4.84 Å². The van der Waals surface area contributed by atoms with Crippen molar-refractivity contribution in [3.63, 3.8) is 0 Å². The van der Waals surface area contributed by atoms with E-state index >= 15 is 0 Å². The van der Waals surface area contributed by atoms with E-state index in [1.54, 1.807) is 0 Å². The second-order valence-corrected chi connectivity index (χ2v) is 5.22. The van der Waals surface area contributed by atoms with Gasteiger partial charge in [0.05, 0.1) is 0 Å². The minimum absolute atomic E-state index is 0.255. The van der Waals surface area contributed by atoms with Crippen molar-refractivity contribution in [2.45, 2.75) is 0 Å². The Morgan fingerprint density at radius 1 is 0.955 bits per heavy atom. The van der Waals surface area contributed by atoms with Crippen LogP contribution >= 0.6 is 24.4 Å². The third kappa shape index (κ3) is 3.57. The molecule has 0 unspecified atom stereocenters. The number of nitrogens with zero attached hydrogens (tertiary/aromatic N) is 1. The van der Waals surface area contributed by atoms with Gasteiger partial charge in [-0.3, -0.25) is 0 Å². The number of benzene rings is 2. The summed E-state index contributed by atoms with van der Waals surface area (Å²) in [7, 11) is 0. The van der Waals surface area contributed by atoms with E-state index in [1.165, 1.54) is 0 Å². The normalized spacial score (nSPS) is 10.2. The first kappa shape index (κ1) is 14.4. The molecule has 110 valence electrons. The number of hydrogen-bond donors (Lipinski definition) is 3. The lowest BCUT2D eigenvalue weighted by molar-refractivity contribution is 0.552. The SMILES string of the molecule is S=C(Nc1ccccc1)Nc1ccc(-c2n[nH]c(=S)o2)cc1. The monoisotopic (exact) mass is 328 g/mol. The van der Waals surface area contributed by atoms with Gasteiger partial charge in [-0.1, -0.05) is 18.2 Å². The van der Waals surface area contributed by atoms with E-state index in [0.29, 0.717) is 11.0 Å². The van der Waals surface area contributed by atoms with Gasteiger partial charge in [0, 0.05) is 16.9 Å². The highest BCUT2D eigenvalue weighted by Crippen LogP contribution is 2.19. The van der Waals surface area contributed by atoms with Crippen LogP contribution in [0.3, 0.4) is 0 Å². The quantitative estimate of drug-likeness (QED) is 0.626. The average molecular weight is 328 g/mol. The van der Waals surface area contributed by atoms with Crippen LogP contribution in [0.25, 0.3) is 11.5 Å². The van der Waals surface area contributed by atoms with Gasteiger partial charge in [0.1, 0.15) is 0 Å². The summed E-state index contributed by atoms with van der Waals surface area (Å²) < 4.78 is 5.26. The van der Waals surface area contributed by atoms with Gasteiger partial charge in [0.15, 0.2) is 5.11 Å². The zero-order valence-corrected chi connectivity index (χ0v) is 13.0. The molecule has 0 saturated carbocycles. The Hall–Kier alpha value is -2.51. The molecule has 0 bridgehead atoms. The Balaban J connectivity index is 1.66. The molecule has 0 amide bonds. The Morgan fingerprint density at radius 3 is 2.18 bits per heavy atom. The summed E-state index contributed by atoms with van der Waals surface area (Å²) in [5.41, 5.74) is 2.64. The van der Waals surface area contributed by atoms with E-state index in [-0.39, 0.29) is 4.84 Å². The number of rotatable bonds is 3. The van der Waals surface area contributed by atoms with Crippen molar-refractivity contribution in [1.82, 2.24) is 10.2 Å². The predicted molar refractivity (Wildman–Crippen MR) is 93.4 cm³/mol. The van der Waals surface area contributed by atoms with Crippen LogP contribution in [0.1, 0.15) is 0 Å². The Bertz CT molecular complexity index is 825. The second-order valence-electron chi connectivity index (χ2n) is 4.44. The zero-order chi connectivity index (χ0) is 15.4. The molecule has 0 saturated heterocycles. The fraction of sp³-hybridized carbons (Fsp3) is 0. The van der Waals surface area contributed by atoms with Crippen molar-refractivity contribution in [3.8, 4) is 11.5 Å². The van der Waals surface area contributed by atoms with E-state index in [2.05, 4.69) is 20.8 Å². The van der Waals surface area contributed by atoms with Crippen LogP contribution in [0.5, 0.6) is 0 Å². The highest BCUT2D eigenvalue weighted by molar-refractivity contribution is 7.80. The van der Waals surface area contributed by atoms with E-state index in [9.17, 15) is 0 Å². The van der Waals surface area contributed by atoms with Gasteiger partial charge in [-0.15, -0.1) is 5.10 Å². The van der Waals surface area contributed by atoms with Crippen molar-refractivity contribution < 1.29 is 4.42 Å². The lowest BCUT2D eigenvalue weighted by atomic mass is 10.2. The number of para-hydroxylation sites is 1. The van der Waals surface area contributed by atoms with Crippen LogP contribution in [0.2, 0.25) is 0 Å². The number of hydrogen-bond acceptors (Lipinski definition) is 4. The van der Waals surface area contributed by atoms with Crippen LogP contribution < -0.4 is 10.6 Å². The molecule has 3 rings (SSSR count). The summed E-state index contributed by atoms with van der Waals surface area (Å²) in [4.78, 5) is 0.255. The number of thiocarbonyl (C=S) groups is 1. The molecule has 1 heterocycles. The Kier molecular flexibility index (Phi) is 4.27. The number of aromatic amines is 1. The first-order chi connectivity index (χ1) is 10.7. The second kappa shape index (κ2) is 6.50. The maximum absolute atomic E-state index is 5.28. The molecule has 0 aliphatic carbocycles. The molecule has 0 spiro atoms. The minimum atomic E-state index is 0.255. The van der Waals surface area contributed by atoms with Gasteiger partial charge >= 0.3 is 0 Å². The van der Waals surface area contributed by atoms with E-state index in [4.69, 9.17) is 28.9 Å². The fourth-order valence-corrected chi connectivity index (χ4v) is 2.22.